The lowest BCUT2D eigenvalue weighted by Gasteiger charge is -2.35. The molecule has 1 heterocycles. The first-order chi connectivity index (χ1) is 20.7. The van der Waals surface area contributed by atoms with Crippen LogP contribution < -0.4 is 9.62 Å². The van der Waals surface area contributed by atoms with Crippen molar-refractivity contribution in [1.29, 1.82) is 0 Å². The summed E-state index contributed by atoms with van der Waals surface area (Å²) in [6.07, 6.45) is 0. The number of fused-ring (bicyclic) bond motifs is 1. The van der Waals surface area contributed by atoms with Crippen LogP contribution in [0.5, 0.6) is 0 Å². The van der Waals surface area contributed by atoms with E-state index in [9.17, 15) is 18.4 Å². The first kappa shape index (κ1) is 29.8. The molecule has 1 aromatic heterocycles. The zero-order chi connectivity index (χ0) is 30.7. The molecule has 2 unspecified atom stereocenters. The standard InChI is InChI=1S/C34H32N2O6S/c1-21(2)31(34(38)41-4)36(43(39)40)27-19-15-24(16-20-27)23-13-17-26(18-14-23)35-33(37)32-22(3)30-28(11-8-12-29(30)42-32)25-9-6-5-7-10-25/h5-21,31H,1-4H3,(H,35,37)(H,39,40)/p-1. The second-order valence-electron chi connectivity index (χ2n) is 10.4. The number of hydrogen-bond acceptors (Lipinski definition) is 6. The van der Waals surface area contributed by atoms with Gasteiger partial charge < -0.3 is 19.0 Å². The maximum Gasteiger partial charge on any atom is 0.329 e. The van der Waals surface area contributed by atoms with Gasteiger partial charge in [0.05, 0.1) is 7.11 Å². The number of amides is 1. The molecule has 5 rings (SSSR count). The lowest BCUT2D eigenvalue weighted by molar-refractivity contribution is -0.142. The van der Waals surface area contributed by atoms with E-state index in [1.54, 1.807) is 50.2 Å². The van der Waals surface area contributed by atoms with Crippen molar-refractivity contribution in [3.8, 4) is 22.3 Å². The average Bonchev–Trinajstić information content (AvgIpc) is 3.36. The summed E-state index contributed by atoms with van der Waals surface area (Å²) in [5.74, 6) is -1.02. The molecule has 0 bridgehead atoms. The van der Waals surface area contributed by atoms with Crippen molar-refractivity contribution >= 4 is 45.5 Å². The predicted molar refractivity (Wildman–Crippen MR) is 168 cm³/mol. The molecule has 0 aliphatic heterocycles. The van der Waals surface area contributed by atoms with Crippen LogP contribution in [0.25, 0.3) is 33.2 Å². The molecule has 0 spiro atoms. The van der Waals surface area contributed by atoms with Crippen molar-refractivity contribution in [2.75, 3.05) is 16.7 Å². The molecule has 5 aromatic rings. The summed E-state index contributed by atoms with van der Waals surface area (Å²) in [5.41, 5.74) is 6.10. The third-order valence-corrected chi connectivity index (χ3v) is 8.09. The van der Waals surface area contributed by atoms with Gasteiger partial charge in [0.25, 0.3) is 5.91 Å². The third-order valence-electron chi connectivity index (χ3n) is 7.33. The van der Waals surface area contributed by atoms with Crippen LogP contribution in [0.1, 0.15) is 30.0 Å². The van der Waals surface area contributed by atoms with Gasteiger partial charge in [-0.25, -0.2) is 4.79 Å². The number of anilines is 2. The molecule has 9 heteroatoms. The summed E-state index contributed by atoms with van der Waals surface area (Å²) in [6.45, 7) is 5.40. The minimum atomic E-state index is -2.69. The minimum absolute atomic E-state index is 0.255. The van der Waals surface area contributed by atoms with E-state index in [0.717, 1.165) is 37.5 Å². The van der Waals surface area contributed by atoms with Crippen molar-refractivity contribution in [3.05, 3.63) is 108 Å². The SMILES string of the molecule is COC(=O)C(C(C)C)N(c1ccc(-c2ccc(NC(=O)c3oc4cccc(-c5ccccc5)c4c3C)cc2)cc1)S(=O)[O-]. The summed E-state index contributed by atoms with van der Waals surface area (Å²) >= 11 is -2.69. The topological polar surface area (TPSA) is 112 Å². The van der Waals surface area contributed by atoms with E-state index in [2.05, 4.69) is 5.32 Å². The minimum Gasteiger partial charge on any atom is -0.755 e. The van der Waals surface area contributed by atoms with Crippen molar-refractivity contribution < 1.29 is 27.5 Å². The van der Waals surface area contributed by atoms with Gasteiger partial charge in [0, 0.05) is 33.6 Å². The number of nitrogens with zero attached hydrogens (tertiary/aromatic N) is 1. The molecule has 0 radical (unpaired) electrons. The van der Waals surface area contributed by atoms with Gasteiger partial charge in [-0.15, -0.1) is 0 Å². The lowest BCUT2D eigenvalue weighted by atomic mass is 9.99. The Balaban J connectivity index is 1.34. The molecular weight excluding hydrogens is 564 g/mol. The summed E-state index contributed by atoms with van der Waals surface area (Å²) < 4.78 is 36.0. The second kappa shape index (κ2) is 12.6. The second-order valence-corrected chi connectivity index (χ2v) is 11.3. The highest BCUT2D eigenvalue weighted by Crippen LogP contribution is 2.35. The highest BCUT2D eigenvalue weighted by Gasteiger charge is 2.31. The Morgan fingerprint density at radius 2 is 1.49 bits per heavy atom. The fourth-order valence-corrected chi connectivity index (χ4v) is 6.02. The first-order valence-corrected chi connectivity index (χ1v) is 14.8. The van der Waals surface area contributed by atoms with Crippen LogP contribution in [0, 0.1) is 12.8 Å². The summed E-state index contributed by atoms with van der Waals surface area (Å²) in [7, 11) is 1.23. The molecule has 1 amide bonds. The molecule has 0 fully saturated rings. The monoisotopic (exact) mass is 595 g/mol. The van der Waals surface area contributed by atoms with E-state index < -0.39 is 23.3 Å². The van der Waals surface area contributed by atoms with E-state index in [-0.39, 0.29) is 17.6 Å². The van der Waals surface area contributed by atoms with Crippen LogP contribution in [-0.2, 0) is 20.8 Å². The maximum absolute atomic E-state index is 13.2. The molecular formula is C34H31N2O6S-. The first-order valence-electron chi connectivity index (χ1n) is 13.8. The number of methoxy groups -OCH3 is 1. The number of nitrogens with one attached hydrogen (secondary N) is 1. The van der Waals surface area contributed by atoms with Crippen LogP contribution in [-0.4, -0.2) is 33.8 Å². The van der Waals surface area contributed by atoms with Crippen LogP contribution in [0.3, 0.4) is 0 Å². The zero-order valence-corrected chi connectivity index (χ0v) is 25.0. The average molecular weight is 596 g/mol. The molecule has 0 saturated heterocycles. The van der Waals surface area contributed by atoms with E-state index in [1.807, 2.05) is 67.6 Å². The molecule has 0 saturated carbocycles. The van der Waals surface area contributed by atoms with E-state index in [1.165, 1.54) is 7.11 Å². The van der Waals surface area contributed by atoms with Crippen LogP contribution in [0.2, 0.25) is 0 Å². The Bertz CT molecular complexity index is 1780. The Kier molecular flexibility index (Phi) is 8.75. The van der Waals surface area contributed by atoms with Crippen LogP contribution in [0.4, 0.5) is 11.4 Å². The van der Waals surface area contributed by atoms with Gasteiger partial charge in [-0.3, -0.25) is 13.3 Å². The van der Waals surface area contributed by atoms with Gasteiger partial charge in [0.1, 0.15) is 11.6 Å². The maximum atomic E-state index is 13.2. The summed E-state index contributed by atoms with van der Waals surface area (Å²) in [6, 6.07) is 28.9. The Morgan fingerprint density at radius 1 is 0.860 bits per heavy atom. The summed E-state index contributed by atoms with van der Waals surface area (Å²) in [4.78, 5) is 25.6. The van der Waals surface area contributed by atoms with Gasteiger partial charge in [-0.2, -0.15) is 0 Å². The Labute approximate surface area is 252 Å². The number of esters is 1. The Morgan fingerprint density at radius 3 is 2.07 bits per heavy atom. The number of rotatable bonds is 9. The fraction of sp³-hybridized carbons (Fsp3) is 0.176. The van der Waals surface area contributed by atoms with Gasteiger partial charge in [0.2, 0.25) is 0 Å². The summed E-state index contributed by atoms with van der Waals surface area (Å²) in [5, 5.41) is 3.83. The van der Waals surface area contributed by atoms with Crippen molar-refractivity contribution in [3.63, 3.8) is 0 Å². The highest BCUT2D eigenvalue weighted by atomic mass is 32.2. The lowest BCUT2D eigenvalue weighted by Crippen LogP contribution is -2.46. The molecule has 220 valence electrons. The molecule has 4 aromatic carbocycles. The van der Waals surface area contributed by atoms with Crippen LogP contribution in [0.15, 0.2) is 101 Å². The molecule has 1 N–H and O–H groups in total. The Hall–Kier alpha value is -4.73. The number of aryl methyl sites for hydroxylation is 1. The van der Waals surface area contributed by atoms with Gasteiger partial charge in [0.15, 0.2) is 5.76 Å². The highest BCUT2D eigenvalue weighted by molar-refractivity contribution is 7.80. The number of carbonyl (C=O) groups excluding carboxylic acids is 2. The predicted octanol–water partition coefficient (Wildman–Crippen LogP) is 7.13. The van der Waals surface area contributed by atoms with Crippen molar-refractivity contribution in [1.82, 2.24) is 0 Å². The molecule has 43 heavy (non-hydrogen) atoms. The van der Waals surface area contributed by atoms with E-state index in [4.69, 9.17) is 9.15 Å². The van der Waals surface area contributed by atoms with Crippen molar-refractivity contribution in [2.45, 2.75) is 26.8 Å². The van der Waals surface area contributed by atoms with E-state index >= 15 is 0 Å². The molecule has 0 aliphatic rings. The zero-order valence-electron chi connectivity index (χ0n) is 24.2. The van der Waals surface area contributed by atoms with Gasteiger partial charge in [-0.1, -0.05) is 80.6 Å². The normalized spacial score (nSPS) is 12.6. The smallest absolute Gasteiger partial charge is 0.329 e. The number of ether oxygens (including phenoxy) is 1. The van der Waals surface area contributed by atoms with Crippen LogP contribution >= 0.6 is 0 Å². The number of carbonyl (C=O) groups is 2. The molecule has 8 nitrogen and oxygen atoms in total. The van der Waals surface area contributed by atoms with E-state index in [0.29, 0.717) is 17.0 Å². The number of furan rings is 1. The quantitative estimate of drug-likeness (QED) is 0.143. The molecule has 2 atom stereocenters. The number of benzene rings is 4. The number of hydrogen-bond donors (Lipinski definition) is 1. The van der Waals surface area contributed by atoms with Crippen molar-refractivity contribution in [2.24, 2.45) is 5.92 Å². The van der Waals surface area contributed by atoms with Gasteiger partial charge in [-0.05, 0) is 65.4 Å². The molecule has 0 aliphatic carbocycles. The third kappa shape index (κ3) is 6.09. The fourth-order valence-electron chi connectivity index (χ4n) is 5.21. The largest absolute Gasteiger partial charge is 0.755 e. The van der Waals surface area contributed by atoms with Gasteiger partial charge >= 0.3 is 5.97 Å².